The predicted octanol–water partition coefficient (Wildman–Crippen LogP) is 2.07. The van der Waals surface area contributed by atoms with Crippen LogP contribution < -0.4 is 0 Å². The number of para-hydroxylation sites is 1. The highest BCUT2D eigenvalue weighted by Crippen LogP contribution is 2.26. The molecule has 0 saturated carbocycles. The minimum absolute atomic E-state index is 0.108. The largest absolute Gasteiger partial charge is 0.378 e. The van der Waals surface area contributed by atoms with Crippen LogP contribution in [0.25, 0.3) is 16.7 Å². The fourth-order valence-electron chi connectivity index (χ4n) is 2.95. The Morgan fingerprint density at radius 3 is 2.85 bits per heavy atom. The van der Waals surface area contributed by atoms with E-state index < -0.39 is 0 Å². The molecule has 0 atom stereocenters. The zero-order chi connectivity index (χ0) is 17.9. The maximum atomic E-state index is 12.4. The van der Waals surface area contributed by atoms with Gasteiger partial charge < -0.3 is 9.64 Å². The lowest BCUT2D eigenvalue weighted by Gasteiger charge is -2.26. The summed E-state index contributed by atoms with van der Waals surface area (Å²) >= 11 is 1.43. The van der Waals surface area contributed by atoms with Gasteiger partial charge in [0.15, 0.2) is 5.65 Å². The van der Waals surface area contributed by atoms with E-state index in [0.717, 1.165) is 27.3 Å². The Hall–Kier alpha value is -2.45. The number of amides is 1. The molecular weight excluding hydrogens is 350 g/mol. The molecule has 2 aromatic heterocycles. The van der Waals surface area contributed by atoms with Gasteiger partial charge in [0.2, 0.25) is 5.91 Å². The zero-order valence-electron chi connectivity index (χ0n) is 14.5. The number of thioether (sulfide) groups is 1. The van der Waals surface area contributed by atoms with Crippen molar-refractivity contribution in [2.45, 2.75) is 11.9 Å². The van der Waals surface area contributed by atoms with Gasteiger partial charge in [0.05, 0.1) is 36.2 Å². The lowest BCUT2D eigenvalue weighted by molar-refractivity contribution is -0.132. The molecule has 7 nitrogen and oxygen atoms in total. The summed E-state index contributed by atoms with van der Waals surface area (Å²) < 4.78 is 7.11. The van der Waals surface area contributed by atoms with Crippen LogP contribution in [0.5, 0.6) is 0 Å². The summed E-state index contributed by atoms with van der Waals surface area (Å²) in [5.41, 5.74) is 2.85. The van der Waals surface area contributed by atoms with Gasteiger partial charge in [-0.2, -0.15) is 5.10 Å². The molecule has 0 spiro atoms. The number of carbonyl (C=O) groups is 1. The van der Waals surface area contributed by atoms with Crippen molar-refractivity contribution in [1.29, 1.82) is 0 Å². The van der Waals surface area contributed by atoms with Crippen LogP contribution in [-0.4, -0.2) is 62.6 Å². The van der Waals surface area contributed by atoms with Gasteiger partial charge in [0, 0.05) is 13.1 Å². The molecule has 0 aliphatic carbocycles. The molecule has 3 aromatic rings. The average Bonchev–Trinajstić information content (AvgIpc) is 3.12. The second-order valence-corrected chi connectivity index (χ2v) is 7.00. The van der Waals surface area contributed by atoms with E-state index in [1.165, 1.54) is 18.1 Å². The second kappa shape index (κ2) is 7.43. The third-order valence-corrected chi connectivity index (χ3v) is 5.36. The SMILES string of the molecule is Cc1ccccc1-n1ncc2c(SCC(=O)N3CCOCC3)ncnc21. The van der Waals surface area contributed by atoms with Crippen LogP contribution in [0.1, 0.15) is 5.56 Å². The van der Waals surface area contributed by atoms with Crippen molar-refractivity contribution >= 4 is 28.7 Å². The molecule has 1 aromatic carbocycles. The molecule has 8 heteroatoms. The van der Waals surface area contributed by atoms with Crippen molar-refractivity contribution in [3.8, 4) is 5.69 Å². The Labute approximate surface area is 155 Å². The first-order valence-electron chi connectivity index (χ1n) is 8.47. The first-order chi connectivity index (χ1) is 12.7. The average molecular weight is 369 g/mol. The van der Waals surface area contributed by atoms with Crippen LogP contribution in [0.3, 0.4) is 0 Å². The Morgan fingerprint density at radius 1 is 1.23 bits per heavy atom. The highest BCUT2D eigenvalue weighted by atomic mass is 32.2. The van der Waals surface area contributed by atoms with Gasteiger partial charge in [-0.1, -0.05) is 30.0 Å². The highest BCUT2D eigenvalue weighted by molar-refractivity contribution is 8.00. The summed E-state index contributed by atoms with van der Waals surface area (Å²) in [6.45, 7) is 4.57. The number of ether oxygens (including phenoxy) is 1. The van der Waals surface area contributed by atoms with E-state index in [0.29, 0.717) is 32.1 Å². The van der Waals surface area contributed by atoms with Crippen LogP contribution in [-0.2, 0) is 9.53 Å². The van der Waals surface area contributed by atoms with E-state index >= 15 is 0 Å². The van der Waals surface area contributed by atoms with E-state index in [9.17, 15) is 4.79 Å². The quantitative estimate of drug-likeness (QED) is 0.518. The van der Waals surface area contributed by atoms with Gasteiger partial charge in [0.1, 0.15) is 11.4 Å². The van der Waals surface area contributed by atoms with Crippen molar-refractivity contribution in [2.24, 2.45) is 0 Å². The maximum absolute atomic E-state index is 12.4. The fourth-order valence-corrected chi connectivity index (χ4v) is 3.81. The molecule has 0 N–H and O–H groups in total. The summed E-state index contributed by atoms with van der Waals surface area (Å²) in [6.07, 6.45) is 3.30. The normalized spacial score (nSPS) is 14.7. The van der Waals surface area contributed by atoms with Crippen molar-refractivity contribution in [2.75, 3.05) is 32.1 Å². The molecule has 4 rings (SSSR count). The number of rotatable bonds is 4. The molecular formula is C18H19N5O2S. The van der Waals surface area contributed by atoms with Gasteiger partial charge in [0.25, 0.3) is 0 Å². The zero-order valence-corrected chi connectivity index (χ0v) is 15.3. The van der Waals surface area contributed by atoms with Crippen LogP contribution in [0.2, 0.25) is 0 Å². The molecule has 1 amide bonds. The van der Waals surface area contributed by atoms with Gasteiger partial charge in [-0.25, -0.2) is 14.6 Å². The molecule has 3 heterocycles. The summed E-state index contributed by atoms with van der Waals surface area (Å²) in [5.74, 6) is 0.457. The lowest BCUT2D eigenvalue weighted by Crippen LogP contribution is -2.41. The molecule has 1 saturated heterocycles. The summed E-state index contributed by atoms with van der Waals surface area (Å²) in [7, 11) is 0. The third kappa shape index (κ3) is 3.30. The van der Waals surface area contributed by atoms with Gasteiger partial charge in [-0.15, -0.1) is 0 Å². The number of nitrogens with zero attached hydrogens (tertiary/aromatic N) is 5. The Kier molecular flexibility index (Phi) is 4.85. The Bertz CT molecular complexity index is 936. The smallest absolute Gasteiger partial charge is 0.233 e. The number of hydrogen-bond acceptors (Lipinski definition) is 6. The molecule has 26 heavy (non-hydrogen) atoms. The van der Waals surface area contributed by atoms with Crippen LogP contribution >= 0.6 is 11.8 Å². The number of aromatic nitrogens is 4. The van der Waals surface area contributed by atoms with Gasteiger partial charge in [-0.05, 0) is 18.6 Å². The van der Waals surface area contributed by atoms with Crippen LogP contribution in [0.15, 0.2) is 41.8 Å². The van der Waals surface area contributed by atoms with Crippen LogP contribution in [0, 0.1) is 6.92 Å². The van der Waals surface area contributed by atoms with Crippen LogP contribution in [0.4, 0.5) is 0 Å². The lowest BCUT2D eigenvalue weighted by atomic mass is 10.2. The van der Waals surface area contributed by atoms with Crippen molar-refractivity contribution < 1.29 is 9.53 Å². The molecule has 134 valence electrons. The molecule has 1 aliphatic heterocycles. The first kappa shape index (κ1) is 17.0. The Morgan fingerprint density at radius 2 is 2.04 bits per heavy atom. The molecule has 0 unspecified atom stereocenters. The summed E-state index contributed by atoms with van der Waals surface area (Å²) in [4.78, 5) is 23.0. The topological polar surface area (TPSA) is 73.1 Å². The van der Waals surface area contributed by atoms with E-state index in [1.54, 1.807) is 6.20 Å². The monoisotopic (exact) mass is 369 g/mol. The molecule has 0 radical (unpaired) electrons. The molecule has 1 fully saturated rings. The number of carbonyl (C=O) groups excluding carboxylic acids is 1. The van der Waals surface area contributed by atoms with E-state index in [-0.39, 0.29) is 5.91 Å². The fraction of sp³-hybridized carbons (Fsp3) is 0.333. The van der Waals surface area contributed by atoms with E-state index in [1.807, 2.05) is 40.8 Å². The maximum Gasteiger partial charge on any atom is 0.233 e. The number of fused-ring (bicyclic) bond motifs is 1. The van der Waals surface area contributed by atoms with Gasteiger partial charge >= 0.3 is 0 Å². The summed E-state index contributed by atoms with van der Waals surface area (Å²) in [6, 6.07) is 8.03. The first-order valence-corrected chi connectivity index (χ1v) is 9.45. The predicted molar refractivity (Wildman–Crippen MR) is 99.5 cm³/mol. The third-order valence-electron chi connectivity index (χ3n) is 4.37. The molecule has 1 aliphatic rings. The van der Waals surface area contributed by atoms with E-state index in [4.69, 9.17) is 4.74 Å². The standard InChI is InChI=1S/C18H19N5O2S/c1-13-4-2-3-5-15(13)23-17-14(10-21-23)18(20-12-19-17)26-11-16(24)22-6-8-25-9-7-22/h2-5,10,12H,6-9,11H2,1H3. The van der Waals surface area contributed by atoms with Gasteiger partial charge in [-0.3, -0.25) is 4.79 Å². The van der Waals surface area contributed by atoms with Crippen molar-refractivity contribution in [1.82, 2.24) is 24.6 Å². The van der Waals surface area contributed by atoms with E-state index in [2.05, 4.69) is 15.1 Å². The summed E-state index contributed by atoms with van der Waals surface area (Å²) in [5, 5.41) is 6.12. The highest BCUT2D eigenvalue weighted by Gasteiger charge is 2.18. The van der Waals surface area contributed by atoms with Crippen molar-refractivity contribution in [3.63, 3.8) is 0 Å². The number of hydrogen-bond donors (Lipinski definition) is 0. The minimum atomic E-state index is 0.108. The van der Waals surface area contributed by atoms with Crippen molar-refractivity contribution in [3.05, 3.63) is 42.4 Å². The second-order valence-electron chi connectivity index (χ2n) is 6.04. The number of morpholine rings is 1. The number of aryl methyl sites for hydroxylation is 1. The number of benzene rings is 1. The molecule has 0 bridgehead atoms. The minimum Gasteiger partial charge on any atom is -0.378 e. The Balaban J connectivity index is 1.57.